The number of ether oxygens (including phenoxy) is 3. The summed E-state index contributed by atoms with van der Waals surface area (Å²) in [5, 5.41) is 18.8. The number of alkyl halides is 3. The topological polar surface area (TPSA) is 68.2 Å². The Labute approximate surface area is 203 Å². The number of rotatable bonds is 11. The van der Waals surface area contributed by atoms with Gasteiger partial charge in [0.2, 0.25) is 0 Å². The first-order valence-electron chi connectivity index (χ1n) is 12.3. The molecule has 1 saturated carbocycles. The lowest BCUT2D eigenvalue weighted by molar-refractivity contribution is -0.0943. The molecule has 0 amide bonds. The zero-order valence-electron chi connectivity index (χ0n) is 19.9. The van der Waals surface area contributed by atoms with Gasteiger partial charge in [-0.05, 0) is 61.5 Å². The van der Waals surface area contributed by atoms with Crippen molar-refractivity contribution in [3.05, 3.63) is 70.5 Å². The van der Waals surface area contributed by atoms with Crippen molar-refractivity contribution in [1.29, 1.82) is 0 Å². The minimum absolute atomic E-state index is 0.0628. The molecular weight excluding hydrogens is 461 g/mol. The first-order valence-corrected chi connectivity index (χ1v) is 12.3. The van der Waals surface area contributed by atoms with Crippen molar-refractivity contribution >= 4 is 0 Å². The summed E-state index contributed by atoms with van der Waals surface area (Å²) in [6, 6.07) is 0. The average Bonchev–Trinajstić information content (AvgIpc) is 3.60. The first kappa shape index (κ1) is 25.8. The second kappa shape index (κ2) is 11.2. The van der Waals surface area contributed by atoms with Gasteiger partial charge in [0.25, 0.3) is 0 Å². The molecule has 0 bridgehead atoms. The highest BCUT2D eigenvalue weighted by molar-refractivity contribution is 5.36. The van der Waals surface area contributed by atoms with E-state index in [2.05, 4.69) is 6.92 Å². The molecule has 0 spiro atoms. The van der Waals surface area contributed by atoms with Crippen LogP contribution in [0.15, 0.2) is 70.5 Å². The lowest BCUT2D eigenvalue weighted by Crippen LogP contribution is -2.19. The number of allylic oxidation sites excluding steroid dienone is 8. The van der Waals surface area contributed by atoms with Gasteiger partial charge in [0.15, 0.2) is 6.29 Å². The molecule has 8 heteroatoms. The van der Waals surface area contributed by atoms with Gasteiger partial charge in [-0.1, -0.05) is 31.1 Å². The zero-order valence-corrected chi connectivity index (χ0v) is 19.9. The summed E-state index contributed by atoms with van der Waals surface area (Å²) in [5.41, 5.74) is 1.50. The zero-order chi connectivity index (χ0) is 25.0. The fourth-order valence-electron chi connectivity index (χ4n) is 4.64. The molecule has 3 atom stereocenters. The minimum atomic E-state index is -4.28. The van der Waals surface area contributed by atoms with E-state index < -0.39 is 18.0 Å². The molecule has 192 valence electrons. The highest BCUT2D eigenvalue weighted by Gasteiger charge is 2.46. The summed E-state index contributed by atoms with van der Waals surface area (Å²) < 4.78 is 56.4. The van der Waals surface area contributed by atoms with Gasteiger partial charge in [-0.3, -0.25) is 0 Å². The summed E-state index contributed by atoms with van der Waals surface area (Å²) in [4.78, 5) is 0. The van der Waals surface area contributed by atoms with Gasteiger partial charge in [-0.25, -0.2) is 0 Å². The van der Waals surface area contributed by atoms with Crippen LogP contribution in [0.25, 0.3) is 0 Å². The smallest absolute Gasteiger partial charge is 0.412 e. The number of fused-ring (bicyclic) bond motifs is 1. The van der Waals surface area contributed by atoms with Crippen LogP contribution in [0.1, 0.15) is 51.9 Å². The lowest BCUT2D eigenvalue weighted by atomic mass is 9.98. The molecule has 0 aliphatic heterocycles. The largest absolute Gasteiger partial charge is 0.489 e. The second-order valence-electron chi connectivity index (χ2n) is 9.50. The van der Waals surface area contributed by atoms with Crippen molar-refractivity contribution in [3.63, 3.8) is 0 Å². The molecule has 0 aromatic carbocycles. The van der Waals surface area contributed by atoms with Crippen LogP contribution in [0.4, 0.5) is 13.2 Å². The fraction of sp³-hybridized carbons (Fsp3) is 0.556. The molecule has 2 N–H and O–H groups in total. The Kier molecular flexibility index (Phi) is 8.24. The third kappa shape index (κ3) is 7.12. The van der Waals surface area contributed by atoms with Crippen LogP contribution in [-0.4, -0.2) is 42.0 Å². The molecule has 4 aliphatic carbocycles. The van der Waals surface area contributed by atoms with Crippen LogP contribution in [0.5, 0.6) is 0 Å². The van der Waals surface area contributed by atoms with E-state index in [9.17, 15) is 23.4 Å². The van der Waals surface area contributed by atoms with E-state index in [0.29, 0.717) is 37.1 Å². The Morgan fingerprint density at radius 3 is 2.60 bits per heavy atom. The standard InChI is InChI=1S/C27H33F3O5/c1-2-3-10-33-21-11-17(13-26(31)32)12-22(14-21)34-16-18-4-9-25(24-15-23(18)24)35-20-7-5-19(6-8-20)27(28,29)30/h4-5,7,9,12,14,21,23-24,26,31-32H,2-3,6,8,10-11,13,15-16H2,1H3. The van der Waals surface area contributed by atoms with E-state index in [1.54, 1.807) is 0 Å². The normalized spacial score (nSPS) is 26.1. The number of hydrogen-bond acceptors (Lipinski definition) is 5. The van der Waals surface area contributed by atoms with E-state index in [0.717, 1.165) is 42.2 Å². The fourth-order valence-corrected chi connectivity index (χ4v) is 4.64. The number of halogens is 3. The highest BCUT2D eigenvalue weighted by atomic mass is 19.4. The van der Waals surface area contributed by atoms with E-state index in [4.69, 9.17) is 14.2 Å². The molecule has 0 aromatic rings. The molecule has 35 heavy (non-hydrogen) atoms. The lowest BCUT2D eigenvalue weighted by Gasteiger charge is -2.24. The molecule has 0 aromatic heterocycles. The molecule has 3 unspecified atom stereocenters. The Morgan fingerprint density at radius 2 is 1.91 bits per heavy atom. The summed E-state index contributed by atoms with van der Waals surface area (Å²) >= 11 is 0. The first-order chi connectivity index (χ1) is 16.7. The maximum Gasteiger partial charge on any atom is 0.412 e. The number of aliphatic hydroxyl groups is 2. The van der Waals surface area contributed by atoms with E-state index >= 15 is 0 Å². The second-order valence-corrected chi connectivity index (χ2v) is 9.50. The minimum Gasteiger partial charge on any atom is -0.489 e. The van der Waals surface area contributed by atoms with Crippen molar-refractivity contribution in [2.24, 2.45) is 11.8 Å². The third-order valence-electron chi connectivity index (χ3n) is 6.66. The van der Waals surface area contributed by atoms with Gasteiger partial charge >= 0.3 is 6.18 Å². The molecule has 4 rings (SSSR count). The van der Waals surface area contributed by atoms with E-state index in [-0.39, 0.29) is 31.3 Å². The summed E-state index contributed by atoms with van der Waals surface area (Å²) in [7, 11) is 0. The van der Waals surface area contributed by atoms with Crippen LogP contribution < -0.4 is 0 Å². The van der Waals surface area contributed by atoms with Gasteiger partial charge < -0.3 is 24.4 Å². The van der Waals surface area contributed by atoms with Crippen LogP contribution >= 0.6 is 0 Å². The Balaban J connectivity index is 1.35. The monoisotopic (exact) mass is 494 g/mol. The van der Waals surface area contributed by atoms with Gasteiger partial charge in [0.05, 0.1) is 6.10 Å². The van der Waals surface area contributed by atoms with Gasteiger partial charge in [-0.2, -0.15) is 13.2 Å². The van der Waals surface area contributed by atoms with E-state index in [1.807, 2.05) is 24.3 Å². The molecular formula is C27H33F3O5. The van der Waals surface area contributed by atoms with Gasteiger partial charge in [0.1, 0.15) is 23.9 Å². The summed E-state index contributed by atoms with van der Waals surface area (Å²) in [5.74, 6) is 2.57. The molecule has 0 saturated heterocycles. The third-order valence-corrected chi connectivity index (χ3v) is 6.66. The van der Waals surface area contributed by atoms with Crippen LogP contribution in [0, 0.1) is 11.8 Å². The van der Waals surface area contributed by atoms with Crippen LogP contribution in [-0.2, 0) is 14.2 Å². The summed E-state index contributed by atoms with van der Waals surface area (Å²) in [6.07, 6.45) is 8.23. The van der Waals surface area contributed by atoms with Crippen molar-refractivity contribution < 1.29 is 37.6 Å². The molecule has 0 heterocycles. The maximum absolute atomic E-state index is 12.8. The van der Waals surface area contributed by atoms with Gasteiger partial charge in [-0.15, -0.1) is 0 Å². The van der Waals surface area contributed by atoms with Crippen LogP contribution in [0.2, 0.25) is 0 Å². The van der Waals surface area contributed by atoms with Crippen molar-refractivity contribution in [2.75, 3.05) is 13.2 Å². The van der Waals surface area contributed by atoms with E-state index in [1.165, 1.54) is 6.08 Å². The number of hydrogen-bond donors (Lipinski definition) is 2. The maximum atomic E-state index is 12.8. The SMILES string of the molecule is CCCCOC1C=C(OCC2=CC=C(OC3=CC=C(C(F)(F)F)CC3)C3CC23)C=C(CC(O)O)C1. The molecule has 5 nitrogen and oxygen atoms in total. The van der Waals surface area contributed by atoms with Crippen molar-refractivity contribution in [3.8, 4) is 0 Å². The van der Waals surface area contributed by atoms with Crippen molar-refractivity contribution in [1.82, 2.24) is 0 Å². The van der Waals surface area contributed by atoms with Crippen molar-refractivity contribution in [2.45, 2.75) is 70.4 Å². The Hall–Kier alpha value is -2.29. The predicted molar refractivity (Wildman–Crippen MR) is 125 cm³/mol. The quantitative estimate of drug-likeness (QED) is 0.283. The highest BCUT2D eigenvalue weighted by Crippen LogP contribution is 2.52. The predicted octanol–water partition coefficient (Wildman–Crippen LogP) is 5.75. The molecule has 4 aliphatic rings. The molecule has 1 fully saturated rings. The number of unbranched alkanes of at least 4 members (excludes halogenated alkanes) is 1. The summed E-state index contributed by atoms with van der Waals surface area (Å²) in [6.45, 7) is 3.15. The Morgan fingerprint density at radius 1 is 1.09 bits per heavy atom. The average molecular weight is 495 g/mol. The van der Waals surface area contributed by atoms with Gasteiger partial charge in [0, 0.05) is 30.9 Å². The van der Waals surface area contributed by atoms with Crippen LogP contribution in [0.3, 0.4) is 0 Å². The molecule has 0 radical (unpaired) electrons. The number of aliphatic hydroxyl groups excluding tert-OH is 1. The Bertz CT molecular complexity index is 968.